The van der Waals surface area contributed by atoms with Gasteiger partial charge in [-0.2, -0.15) is 0 Å². The van der Waals surface area contributed by atoms with Gasteiger partial charge in [-0.05, 0) is 13.0 Å². The molecule has 0 saturated heterocycles. The Hall–Kier alpha value is -0.790. The van der Waals surface area contributed by atoms with Gasteiger partial charge < -0.3 is 4.98 Å². The van der Waals surface area contributed by atoms with Gasteiger partial charge in [0.25, 0.3) is 0 Å². The Balaban J connectivity index is 0.000000291. The first-order valence-corrected chi connectivity index (χ1v) is 3.09. The van der Waals surface area contributed by atoms with Crippen LogP contribution in [0.25, 0.3) is 0 Å². The van der Waals surface area contributed by atoms with Crippen LogP contribution in [0.5, 0.6) is 0 Å². The van der Waals surface area contributed by atoms with E-state index in [2.05, 4.69) is 4.98 Å². The van der Waals surface area contributed by atoms with Gasteiger partial charge in [-0.1, -0.05) is 13.8 Å². The Morgan fingerprint density at radius 2 is 2.00 bits per heavy atom. The molecule has 0 unspecified atom stereocenters. The fourth-order valence-electron chi connectivity index (χ4n) is 0.473. The monoisotopic (exact) mass is 129 g/mol. The molecular formula is C7H12FN. The quantitative estimate of drug-likeness (QED) is 0.554. The fraction of sp³-hybridized carbons (Fsp3) is 0.429. The van der Waals surface area contributed by atoms with E-state index in [0.717, 1.165) is 5.69 Å². The number of aromatic amines is 1. The summed E-state index contributed by atoms with van der Waals surface area (Å²) < 4.78 is 11.9. The average Bonchev–Trinajstić information content (AvgIpc) is 2.20. The van der Waals surface area contributed by atoms with Crippen molar-refractivity contribution < 1.29 is 4.39 Å². The Morgan fingerprint density at radius 3 is 2.11 bits per heavy atom. The summed E-state index contributed by atoms with van der Waals surface area (Å²) in [5, 5.41) is 0. The van der Waals surface area contributed by atoms with Crippen molar-refractivity contribution in [1.29, 1.82) is 0 Å². The van der Waals surface area contributed by atoms with E-state index in [-0.39, 0.29) is 5.82 Å². The summed E-state index contributed by atoms with van der Waals surface area (Å²) >= 11 is 0. The molecular weight excluding hydrogens is 117 g/mol. The third-order valence-electron chi connectivity index (χ3n) is 0.792. The predicted molar refractivity (Wildman–Crippen MR) is 36.8 cm³/mol. The number of halogens is 1. The molecule has 0 radical (unpaired) electrons. The highest BCUT2D eigenvalue weighted by molar-refractivity contribution is 5.02. The SMILES string of the molecule is CC.Cc1cc(F)c[nH]1. The molecule has 9 heavy (non-hydrogen) atoms. The van der Waals surface area contributed by atoms with E-state index in [9.17, 15) is 4.39 Å². The standard InChI is InChI=1S/C5H6FN.C2H6/c1-4-2-5(6)3-7-4;1-2/h2-3,7H,1H3;1-2H3. The first-order valence-electron chi connectivity index (χ1n) is 3.09. The molecule has 0 spiro atoms. The van der Waals surface area contributed by atoms with E-state index in [4.69, 9.17) is 0 Å². The van der Waals surface area contributed by atoms with E-state index >= 15 is 0 Å². The average molecular weight is 129 g/mol. The molecule has 52 valence electrons. The van der Waals surface area contributed by atoms with Crippen molar-refractivity contribution in [1.82, 2.24) is 4.98 Å². The first kappa shape index (κ1) is 8.21. The minimum absolute atomic E-state index is 0.197. The van der Waals surface area contributed by atoms with Crippen LogP contribution in [0.4, 0.5) is 4.39 Å². The highest BCUT2D eigenvalue weighted by Gasteiger charge is 1.87. The summed E-state index contributed by atoms with van der Waals surface area (Å²) in [6, 6.07) is 1.44. The van der Waals surface area contributed by atoms with Gasteiger partial charge in [0.1, 0.15) is 5.82 Å². The topological polar surface area (TPSA) is 15.8 Å². The van der Waals surface area contributed by atoms with Crippen LogP contribution in [0.3, 0.4) is 0 Å². The second-order valence-corrected chi connectivity index (χ2v) is 1.50. The second-order valence-electron chi connectivity index (χ2n) is 1.50. The van der Waals surface area contributed by atoms with Gasteiger partial charge >= 0.3 is 0 Å². The van der Waals surface area contributed by atoms with E-state index < -0.39 is 0 Å². The van der Waals surface area contributed by atoms with Crippen LogP contribution in [-0.2, 0) is 0 Å². The predicted octanol–water partition coefficient (Wildman–Crippen LogP) is 2.49. The third-order valence-corrected chi connectivity index (χ3v) is 0.792. The van der Waals surface area contributed by atoms with Gasteiger partial charge in [0.15, 0.2) is 0 Å². The molecule has 1 heterocycles. The number of aryl methyl sites for hydroxylation is 1. The number of H-pyrrole nitrogens is 1. The molecule has 0 aliphatic carbocycles. The van der Waals surface area contributed by atoms with Crippen LogP contribution >= 0.6 is 0 Å². The maximum atomic E-state index is 11.9. The van der Waals surface area contributed by atoms with Crippen LogP contribution in [0.1, 0.15) is 19.5 Å². The van der Waals surface area contributed by atoms with Crippen LogP contribution in [0.2, 0.25) is 0 Å². The van der Waals surface area contributed by atoms with E-state index in [0.29, 0.717) is 0 Å². The molecule has 2 heteroatoms. The molecule has 0 amide bonds. The van der Waals surface area contributed by atoms with Crippen molar-refractivity contribution in [3.8, 4) is 0 Å². The van der Waals surface area contributed by atoms with Crippen molar-refractivity contribution in [2.24, 2.45) is 0 Å². The van der Waals surface area contributed by atoms with Crippen LogP contribution in [-0.4, -0.2) is 4.98 Å². The molecule has 0 atom stereocenters. The Morgan fingerprint density at radius 1 is 1.44 bits per heavy atom. The zero-order valence-corrected chi connectivity index (χ0v) is 6.03. The molecule has 1 aromatic heterocycles. The largest absolute Gasteiger partial charge is 0.363 e. The first-order chi connectivity index (χ1) is 4.29. The summed E-state index contributed by atoms with van der Waals surface area (Å²) in [5.74, 6) is -0.197. The number of hydrogen-bond acceptors (Lipinski definition) is 0. The Kier molecular flexibility index (Phi) is 3.76. The highest BCUT2D eigenvalue weighted by atomic mass is 19.1. The summed E-state index contributed by atoms with van der Waals surface area (Å²) in [7, 11) is 0. The molecule has 0 fully saturated rings. The molecule has 1 nitrogen and oxygen atoms in total. The van der Waals surface area contributed by atoms with Gasteiger partial charge in [-0.15, -0.1) is 0 Å². The zero-order valence-electron chi connectivity index (χ0n) is 6.03. The van der Waals surface area contributed by atoms with Gasteiger partial charge in [-0.25, -0.2) is 4.39 Å². The van der Waals surface area contributed by atoms with E-state index in [1.54, 1.807) is 0 Å². The lowest BCUT2D eigenvalue weighted by Gasteiger charge is -1.70. The molecule has 0 aliphatic heterocycles. The smallest absolute Gasteiger partial charge is 0.140 e. The molecule has 0 bridgehead atoms. The summed E-state index contributed by atoms with van der Waals surface area (Å²) in [6.07, 6.45) is 1.33. The highest BCUT2D eigenvalue weighted by Crippen LogP contribution is 1.96. The molecule has 1 N–H and O–H groups in total. The Bertz CT molecular complexity index is 141. The lowest BCUT2D eigenvalue weighted by molar-refractivity contribution is 0.629. The van der Waals surface area contributed by atoms with Crippen molar-refractivity contribution in [3.05, 3.63) is 23.8 Å². The molecule has 0 aromatic carbocycles. The van der Waals surface area contributed by atoms with E-state index in [1.165, 1.54) is 12.3 Å². The van der Waals surface area contributed by atoms with Gasteiger partial charge in [0, 0.05) is 11.9 Å². The van der Waals surface area contributed by atoms with Crippen molar-refractivity contribution >= 4 is 0 Å². The summed E-state index contributed by atoms with van der Waals surface area (Å²) in [5.41, 5.74) is 0.859. The number of rotatable bonds is 0. The fourth-order valence-corrected chi connectivity index (χ4v) is 0.473. The van der Waals surface area contributed by atoms with Crippen molar-refractivity contribution in [2.75, 3.05) is 0 Å². The zero-order chi connectivity index (χ0) is 7.28. The lowest BCUT2D eigenvalue weighted by atomic mass is 10.5. The third kappa shape index (κ3) is 2.90. The lowest BCUT2D eigenvalue weighted by Crippen LogP contribution is -1.59. The van der Waals surface area contributed by atoms with Crippen molar-refractivity contribution in [2.45, 2.75) is 20.8 Å². The van der Waals surface area contributed by atoms with E-state index in [1.807, 2.05) is 20.8 Å². The van der Waals surface area contributed by atoms with Crippen molar-refractivity contribution in [3.63, 3.8) is 0 Å². The Labute approximate surface area is 54.9 Å². The second kappa shape index (κ2) is 4.13. The van der Waals surface area contributed by atoms with Crippen LogP contribution in [0.15, 0.2) is 12.3 Å². The van der Waals surface area contributed by atoms with Gasteiger partial charge in [0.2, 0.25) is 0 Å². The van der Waals surface area contributed by atoms with Crippen LogP contribution in [0, 0.1) is 12.7 Å². The van der Waals surface area contributed by atoms with Gasteiger partial charge in [0.05, 0.1) is 0 Å². The minimum atomic E-state index is -0.197. The van der Waals surface area contributed by atoms with Gasteiger partial charge in [-0.3, -0.25) is 0 Å². The number of nitrogens with one attached hydrogen (secondary N) is 1. The maximum Gasteiger partial charge on any atom is 0.140 e. The maximum absolute atomic E-state index is 11.9. The molecule has 0 saturated carbocycles. The summed E-state index contributed by atoms with van der Waals surface area (Å²) in [4.78, 5) is 2.69. The summed E-state index contributed by atoms with van der Waals surface area (Å²) in [6.45, 7) is 5.81. The molecule has 1 aromatic rings. The minimum Gasteiger partial charge on any atom is -0.363 e. The number of hydrogen-bond donors (Lipinski definition) is 1. The number of aromatic nitrogens is 1. The molecule has 1 rings (SSSR count). The molecule has 0 aliphatic rings. The normalized spacial score (nSPS) is 8.00. The van der Waals surface area contributed by atoms with Crippen LogP contribution < -0.4 is 0 Å².